The standard InChI is InChI=1S/C32H41N5O6/c1-19(2)27(36-29(38)20(3)33-4)32(41)37-16-14-26-28(37)31(40)35-24(17-21-9-7-6-8-10-21)30(39)34-15-13-22-18-23(43-26)11-12-25(22)42-5/h6-13,15,18-20,24,26-28,33H,14,16-17H2,1-5H3,(H,34,39)(H,35,40)(H,36,38)/b15-13+. The van der Waals surface area contributed by atoms with Gasteiger partial charge in [-0.25, -0.2) is 0 Å². The number of carbonyl (C=O) groups excluding carboxylic acids is 4. The van der Waals surface area contributed by atoms with E-state index in [1.807, 2.05) is 44.2 Å². The molecular formula is C32H41N5O6. The topological polar surface area (TPSA) is 138 Å². The molecule has 1 saturated heterocycles. The number of rotatable bonds is 8. The first-order valence-corrected chi connectivity index (χ1v) is 14.6. The fourth-order valence-electron chi connectivity index (χ4n) is 5.27. The molecule has 0 aromatic heterocycles. The molecule has 2 bridgehead atoms. The summed E-state index contributed by atoms with van der Waals surface area (Å²) in [5.74, 6) is -0.812. The number of nitrogens with zero attached hydrogens (tertiary/aromatic N) is 1. The van der Waals surface area contributed by atoms with Gasteiger partial charge in [-0.2, -0.15) is 0 Å². The fourth-order valence-corrected chi connectivity index (χ4v) is 5.27. The van der Waals surface area contributed by atoms with Gasteiger partial charge in [0.1, 0.15) is 35.7 Å². The van der Waals surface area contributed by atoms with Gasteiger partial charge >= 0.3 is 0 Å². The van der Waals surface area contributed by atoms with E-state index >= 15 is 0 Å². The number of amides is 4. The number of hydrogen-bond donors (Lipinski definition) is 4. The molecule has 0 spiro atoms. The van der Waals surface area contributed by atoms with Crippen LogP contribution in [0.2, 0.25) is 0 Å². The zero-order chi connectivity index (χ0) is 31.1. The summed E-state index contributed by atoms with van der Waals surface area (Å²) in [7, 11) is 3.22. The van der Waals surface area contributed by atoms with Crippen molar-refractivity contribution in [3.8, 4) is 11.5 Å². The molecule has 11 heteroatoms. The second-order valence-corrected chi connectivity index (χ2v) is 11.2. The van der Waals surface area contributed by atoms with Crippen LogP contribution in [0.25, 0.3) is 6.08 Å². The minimum Gasteiger partial charge on any atom is -0.496 e. The van der Waals surface area contributed by atoms with Gasteiger partial charge in [-0.05, 0) is 49.7 Å². The Hall–Kier alpha value is -4.38. The molecule has 2 aliphatic heterocycles. The number of ether oxygens (including phenoxy) is 2. The van der Waals surface area contributed by atoms with E-state index in [-0.39, 0.29) is 30.7 Å². The van der Waals surface area contributed by atoms with Crippen molar-refractivity contribution in [3.63, 3.8) is 0 Å². The van der Waals surface area contributed by atoms with Gasteiger partial charge in [0.25, 0.3) is 0 Å². The van der Waals surface area contributed by atoms with Crippen LogP contribution in [0.3, 0.4) is 0 Å². The van der Waals surface area contributed by atoms with E-state index in [0.29, 0.717) is 23.5 Å². The molecule has 11 nitrogen and oxygen atoms in total. The normalized spacial score (nSPS) is 22.4. The highest BCUT2D eigenvalue weighted by molar-refractivity contribution is 5.96. The van der Waals surface area contributed by atoms with Crippen molar-refractivity contribution in [2.45, 2.75) is 63.9 Å². The molecule has 230 valence electrons. The smallest absolute Gasteiger partial charge is 0.247 e. The second kappa shape index (κ2) is 14.2. The summed E-state index contributed by atoms with van der Waals surface area (Å²) >= 11 is 0. The molecule has 4 N–H and O–H groups in total. The first kappa shape index (κ1) is 31.6. The van der Waals surface area contributed by atoms with E-state index in [1.54, 1.807) is 45.4 Å². The Kier molecular flexibility index (Phi) is 10.4. The van der Waals surface area contributed by atoms with Crippen LogP contribution in [0.4, 0.5) is 0 Å². The van der Waals surface area contributed by atoms with Gasteiger partial charge in [-0.3, -0.25) is 19.2 Å². The maximum Gasteiger partial charge on any atom is 0.247 e. The van der Waals surface area contributed by atoms with E-state index in [0.717, 1.165) is 5.56 Å². The molecule has 5 atom stereocenters. The molecule has 2 heterocycles. The van der Waals surface area contributed by atoms with E-state index in [2.05, 4.69) is 21.3 Å². The first-order chi connectivity index (χ1) is 20.6. The molecule has 5 unspecified atom stereocenters. The largest absolute Gasteiger partial charge is 0.496 e. The van der Waals surface area contributed by atoms with E-state index < -0.39 is 42.1 Å². The highest BCUT2D eigenvalue weighted by Crippen LogP contribution is 2.30. The van der Waals surface area contributed by atoms with E-state index in [1.165, 1.54) is 11.1 Å². The van der Waals surface area contributed by atoms with Crippen molar-refractivity contribution >= 4 is 29.7 Å². The zero-order valence-electron chi connectivity index (χ0n) is 25.3. The van der Waals surface area contributed by atoms with Crippen molar-refractivity contribution in [2.24, 2.45) is 5.92 Å². The molecule has 2 aromatic carbocycles. The Morgan fingerprint density at radius 1 is 1.09 bits per heavy atom. The van der Waals surface area contributed by atoms with Gasteiger partial charge in [-0.1, -0.05) is 44.2 Å². The molecular weight excluding hydrogens is 550 g/mol. The summed E-state index contributed by atoms with van der Waals surface area (Å²) < 4.78 is 11.8. The van der Waals surface area contributed by atoms with Gasteiger partial charge < -0.3 is 35.6 Å². The Balaban J connectivity index is 1.71. The summed E-state index contributed by atoms with van der Waals surface area (Å²) in [5, 5.41) is 11.4. The maximum atomic E-state index is 14.1. The molecule has 1 fully saturated rings. The summed E-state index contributed by atoms with van der Waals surface area (Å²) in [6, 6.07) is 11.3. The van der Waals surface area contributed by atoms with Gasteiger partial charge in [0.05, 0.1) is 13.2 Å². The van der Waals surface area contributed by atoms with Gasteiger partial charge in [0, 0.05) is 31.1 Å². The van der Waals surface area contributed by atoms with Crippen LogP contribution in [0.5, 0.6) is 11.5 Å². The van der Waals surface area contributed by atoms with Gasteiger partial charge in [-0.15, -0.1) is 0 Å². The molecule has 4 amide bonds. The van der Waals surface area contributed by atoms with Crippen molar-refractivity contribution in [1.29, 1.82) is 0 Å². The number of carbonyl (C=O) groups is 4. The van der Waals surface area contributed by atoms with Crippen molar-refractivity contribution in [1.82, 2.24) is 26.2 Å². The zero-order valence-corrected chi connectivity index (χ0v) is 25.3. The van der Waals surface area contributed by atoms with Crippen LogP contribution < -0.4 is 30.7 Å². The van der Waals surface area contributed by atoms with E-state index in [4.69, 9.17) is 9.47 Å². The number of nitrogens with one attached hydrogen (secondary N) is 4. The lowest BCUT2D eigenvalue weighted by atomic mass is 10.0. The average Bonchev–Trinajstić information content (AvgIpc) is 3.42. The Bertz CT molecular complexity index is 1350. The molecule has 4 rings (SSSR count). The first-order valence-electron chi connectivity index (χ1n) is 14.6. The lowest BCUT2D eigenvalue weighted by Gasteiger charge is -2.33. The van der Waals surface area contributed by atoms with Crippen LogP contribution in [-0.2, 0) is 25.6 Å². The van der Waals surface area contributed by atoms with Crippen LogP contribution in [0.1, 0.15) is 38.3 Å². The fraction of sp³-hybridized carbons (Fsp3) is 0.438. The third-order valence-electron chi connectivity index (χ3n) is 7.84. The summed E-state index contributed by atoms with van der Waals surface area (Å²) in [6.45, 7) is 5.62. The highest BCUT2D eigenvalue weighted by Gasteiger charge is 2.46. The Labute approximate surface area is 252 Å². The van der Waals surface area contributed by atoms with Crippen LogP contribution >= 0.6 is 0 Å². The van der Waals surface area contributed by atoms with Crippen molar-refractivity contribution in [2.75, 3.05) is 20.7 Å². The summed E-state index contributed by atoms with van der Waals surface area (Å²) in [6.07, 6.45) is 3.12. The predicted molar refractivity (Wildman–Crippen MR) is 162 cm³/mol. The molecule has 0 aliphatic carbocycles. The second-order valence-electron chi connectivity index (χ2n) is 11.2. The quantitative estimate of drug-likeness (QED) is 0.366. The molecule has 2 aromatic rings. The minimum atomic E-state index is -1.04. The lowest BCUT2D eigenvalue weighted by Crippen LogP contribution is -2.60. The minimum absolute atomic E-state index is 0.237. The number of hydrogen-bond acceptors (Lipinski definition) is 7. The van der Waals surface area contributed by atoms with Crippen molar-refractivity contribution < 1.29 is 28.7 Å². The number of methoxy groups -OCH3 is 1. The van der Waals surface area contributed by atoms with Crippen LogP contribution in [-0.4, -0.2) is 79.5 Å². The monoisotopic (exact) mass is 591 g/mol. The van der Waals surface area contributed by atoms with Gasteiger partial charge in [0.2, 0.25) is 23.6 Å². The number of fused-ring (bicyclic) bond motifs is 3. The van der Waals surface area contributed by atoms with Gasteiger partial charge in [0.15, 0.2) is 0 Å². The third kappa shape index (κ3) is 7.53. The Morgan fingerprint density at radius 2 is 1.84 bits per heavy atom. The van der Waals surface area contributed by atoms with Crippen molar-refractivity contribution in [3.05, 3.63) is 65.9 Å². The average molecular weight is 592 g/mol. The third-order valence-corrected chi connectivity index (χ3v) is 7.84. The maximum absolute atomic E-state index is 14.1. The number of benzene rings is 2. The molecule has 0 saturated carbocycles. The summed E-state index contributed by atoms with van der Waals surface area (Å²) in [5.41, 5.74) is 1.53. The molecule has 0 radical (unpaired) electrons. The van der Waals surface area contributed by atoms with Crippen LogP contribution in [0, 0.1) is 5.92 Å². The summed E-state index contributed by atoms with van der Waals surface area (Å²) in [4.78, 5) is 55.7. The Morgan fingerprint density at radius 3 is 2.51 bits per heavy atom. The number of likely N-dealkylation sites (tertiary alicyclic amines) is 1. The molecule has 43 heavy (non-hydrogen) atoms. The molecule has 2 aliphatic rings. The lowest BCUT2D eigenvalue weighted by molar-refractivity contribution is -0.144. The SMILES string of the molecule is CNC(C)C(=O)NC(C(=O)N1CCC2Oc3ccc(OC)c(c3)/C=C/NC(=O)C(Cc3ccccc3)NC(=O)C21)C(C)C. The predicted octanol–water partition coefficient (Wildman–Crippen LogP) is 1.62. The van der Waals surface area contributed by atoms with E-state index in [9.17, 15) is 19.2 Å². The highest BCUT2D eigenvalue weighted by atomic mass is 16.5. The number of likely N-dealkylation sites (N-methyl/N-ethyl adjacent to an activating group) is 1. The van der Waals surface area contributed by atoms with Crippen LogP contribution in [0.15, 0.2) is 54.7 Å².